The van der Waals surface area contributed by atoms with Crippen molar-refractivity contribution in [3.05, 3.63) is 46.6 Å². The Hall–Kier alpha value is -2.21. The third-order valence-corrected chi connectivity index (χ3v) is 6.56. The lowest BCUT2D eigenvalue weighted by Gasteiger charge is -2.19. The summed E-state index contributed by atoms with van der Waals surface area (Å²) in [6.45, 7) is 5.56. The number of carbonyl (C=O) groups excluding carboxylic acids is 2. The first-order chi connectivity index (χ1) is 12.9. The molecule has 0 fully saturated rings. The monoisotopic (exact) mass is 391 g/mol. The van der Waals surface area contributed by atoms with E-state index in [0.717, 1.165) is 0 Å². The minimum Gasteiger partial charge on any atom is -0.494 e. The van der Waals surface area contributed by atoms with Crippen LogP contribution in [0.2, 0.25) is 0 Å². The van der Waals surface area contributed by atoms with Gasteiger partial charge >= 0.3 is 7.60 Å². The maximum Gasteiger partial charge on any atom is 0.367 e. The Morgan fingerprint density at radius 2 is 1.56 bits per heavy atom. The predicted molar refractivity (Wildman–Crippen MR) is 100 cm³/mol. The molecule has 1 heterocycles. The Bertz CT molecular complexity index is 951. The maximum atomic E-state index is 13.4. The zero-order valence-corrected chi connectivity index (χ0v) is 16.4. The minimum atomic E-state index is -3.99. The molecule has 0 radical (unpaired) electrons. The van der Waals surface area contributed by atoms with E-state index in [1.54, 1.807) is 38.1 Å². The molecule has 0 atom stereocenters. The van der Waals surface area contributed by atoms with Gasteiger partial charge in [0.05, 0.1) is 18.8 Å². The molecule has 0 unspecified atom stereocenters. The van der Waals surface area contributed by atoms with Gasteiger partial charge in [-0.1, -0.05) is 31.2 Å². The molecule has 1 aromatic carbocycles. The van der Waals surface area contributed by atoms with E-state index in [4.69, 9.17) is 9.05 Å². The Kier molecular flexibility index (Phi) is 5.38. The van der Waals surface area contributed by atoms with Crippen molar-refractivity contribution < 1.29 is 28.3 Å². The van der Waals surface area contributed by atoms with Crippen molar-refractivity contribution in [3.63, 3.8) is 0 Å². The molecule has 7 nitrogen and oxygen atoms in total. The van der Waals surface area contributed by atoms with E-state index in [9.17, 15) is 19.3 Å². The van der Waals surface area contributed by atoms with Gasteiger partial charge in [-0.25, -0.2) is 0 Å². The normalized spacial score (nSPS) is 13.6. The highest BCUT2D eigenvalue weighted by Crippen LogP contribution is 2.52. The van der Waals surface area contributed by atoms with Crippen LogP contribution in [0.3, 0.4) is 0 Å². The molecule has 144 valence electrons. The zero-order valence-electron chi connectivity index (χ0n) is 15.5. The van der Waals surface area contributed by atoms with Crippen molar-refractivity contribution in [1.82, 2.24) is 4.57 Å². The van der Waals surface area contributed by atoms with Gasteiger partial charge in [-0.2, -0.15) is 0 Å². The summed E-state index contributed by atoms with van der Waals surface area (Å²) >= 11 is 0. The summed E-state index contributed by atoms with van der Waals surface area (Å²) in [7, 11) is -3.99. The largest absolute Gasteiger partial charge is 0.494 e. The van der Waals surface area contributed by atoms with Crippen LogP contribution >= 0.6 is 7.60 Å². The van der Waals surface area contributed by atoms with E-state index in [1.165, 1.54) is 4.57 Å². The van der Waals surface area contributed by atoms with E-state index in [1.807, 2.05) is 6.92 Å². The quantitative estimate of drug-likeness (QED) is 0.621. The second-order valence-corrected chi connectivity index (χ2v) is 8.04. The minimum absolute atomic E-state index is 0.0349. The van der Waals surface area contributed by atoms with Gasteiger partial charge in [0.25, 0.3) is 0 Å². The van der Waals surface area contributed by atoms with Crippen LogP contribution in [0.1, 0.15) is 59.2 Å². The van der Waals surface area contributed by atoms with Crippen LogP contribution in [0.25, 0.3) is 0 Å². The van der Waals surface area contributed by atoms with Crippen LogP contribution in [0.15, 0.2) is 24.3 Å². The standard InChI is InChI=1S/C19H22NO6P/c1-4-11-20-15-14(16(21)12-9-7-8-10-13(12)17(15)22)18(19(20)23)27(24,25-5-2)26-6-3/h7-10,23H,4-6,11H2,1-3H3. The van der Waals surface area contributed by atoms with Gasteiger partial charge in [-0.3, -0.25) is 14.2 Å². The fraction of sp³-hybridized carbons (Fsp3) is 0.368. The van der Waals surface area contributed by atoms with Crippen molar-refractivity contribution in [1.29, 1.82) is 0 Å². The van der Waals surface area contributed by atoms with Crippen LogP contribution in [0, 0.1) is 0 Å². The summed E-state index contributed by atoms with van der Waals surface area (Å²) in [6, 6.07) is 6.45. The van der Waals surface area contributed by atoms with Crippen LogP contribution < -0.4 is 5.30 Å². The van der Waals surface area contributed by atoms with Gasteiger partial charge < -0.3 is 18.7 Å². The number of ketones is 2. The summed E-state index contributed by atoms with van der Waals surface area (Å²) < 4.78 is 25.5. The zero-order chi connectivity index (χ0) is 19.8. The van der Waals surface area contributed by atoms with Crippen LogP contribution in [0.4, 0.5) is 0 Å². The van der Waals surface area contributed by atoms with Gasteiger partial charge in [-0.15, -0.1) is 0 Å². The highest BCUT2D eigenvalue weighted by atomic mass is 31.2. The van der Waals surface area contributed by atoms with Crippen LogP contribution in [-0.4, -0.2) is 34.5 Å². The number of hydrogen-bond acceptors (Lipinski definition) is 6. The fourth-order valence-corrected chi connectivity index (χ4v) is 5.25. The molecule has 1 aliphatic rings. The van der Waals surface area contributed by atoms with E-state index in [-0.39, 0.29) is 47.4 Å². The molecule has 0 spiro atoms. The molecule has 1 aliphatic carbocycles. The van der Waals surface area contributed by atoms with Gasteiger partial charge in [0.15, 0.2) is 5.78 Å². The van der Waals surface area contributed by atoms with Gasteiger partial charge in [0.1, 0.15) is 11.0 Å². The molecule has 0 amide bonds. The third kappa shape index (κ3) is 2.96. The second kappa shape index (κ2) is 7.43. The van der Waals surface area contributed by atoms with Gasteiger partial charge in [0, 0.05) is 17.7 Å². The van der Waals surface area contributed by atoms with Crippen molar-refractivity contribution in [2.75, 3.05) is 13.2 Å². The van der Waals surface area contributed by atoms with Gasteiger partial charge in [0.2, 0.25) is 11.7 Å². The summed E-state index contributed by atoms with van der Waals surface area (Å²) in [5.74, 6) is -1.28. The maximum absolute atomic E-state index is 13.4. The first-order valence-electron chi connectivity index (χ1n) is 8.94. The topological polar surface area (TPSA) is 94.8 Å². The van der Waals surface area contributed by atoms with E-state index >= 15 is 0 Å². The van der Waals surface area contributed by atoms with Gasteiger partial charge in [-0.05, 0) is 20.3 Å². The summed E-state index contributed by atoms with van der Waals surface area (Å²) in [5.41, 5.74) is 0.422. The molecule has 0 aliphatic heterocycles. The lowest BCUT2D eigenvalue weighted by molar-refractivity contribution is 0.0973. The lowest BCUT2D eigenvalue weighted by Crippen LogP contribution is -2.26. The first-order valence-corrected chi connectivity index (χ1v) is 10.5. The average molecular weight is 391 g/mol. The molecule has 0 bridgehead atoms. The summed E-state index contributed by atoms with van der Waals surface area (Å²) in [6.07, 6.45) is 0.602. The molecule has 0 saturated carbocycles. The molecular formula is C19H22NO6P. The number of hydrogen-bond donors (Lipinski definition) is 1. The number of nitrogens with zero attached hydrogens (tertiary/aromatic N) is 1. The van der Waals surface area contributed by atoms with Crippen LogP contribution in [-0.2, 0) is 20.2 Å². The van der Waals surface area contributed by atoms with Crippen LogP contribution in [0.5, 0.6) is 5.88 Å². The number of aromatic nitrogens is 1. The Morgan fingerprint density at radius 3 is 2.07 bits per heavy atom. The van der Waals surface area contributed by atoms with Crippen molar-refractivity contribution >= 4 is 24.5 Å². The van der Waals surface area contributed by atoms with E-state index < -0.39 is 25.0 Å². The summed E-state index contributed by atoms with van der Waals surface area (Å²) in [5, 5.41) is 10.6. The molecule has 1 N–H and O–H groups in total. The van der Waals surface area contributed by atoms with Crippen molar-refractivity contribution in [3.8, 4) is 5.88 Å². The third-order valence-electron chi connectivity index (χ3n) is 4.39. The SMILES string of the molecule is CCCn1c(O)c(P(=O)(OCC)OCC)c2c1C(=O)c1ccccc1C2=O. The predicted octanol–water partition coefficient (Wildman–Crippen LogP) is 3.27. The lowest BCUT2D eigenvalue weighted by atomic mass is 9.88. The molecule has 1 aromatic heterocycles. The molecule has 8 heteroatoms. The Labute approximate surface area is 157 Å². The van der Waals surface area contributed by atoms with E-state index in [2.05, 4.69) is 0 Å². The number of carbonyl (C=O) groups is 2. The van der Waals surface area contributed by atoms with Crippen molar-refractivity contribution in [2.24, 2.45) is 0 Å². The highest BCUT2D eigenvalue weighted by molar-refractivity contribution is 7.62. The number of rotatable bonds is 7. The molecule has 0 saturated heterocycles. The fourth-order valence-electron chi connectivity index (χ4n) is 3.39. The molecular weight excluding hydrogens is 369 g/mol. The summed E-state index contributed by atoms with van der Waals surface area (Å²) in [4.78, 5) is 26.3. The number of aromatic hydroxyl groups is 1. The smallest absolute Gasteiger partial charge is 0.367 e. The van der Waals surface area contributed by atoms with Crippen molar-refractivity contribution in [2.45, 2.75) is 33.7 Å². The Morgan fingerprint density at radius 1 is 1.00 bits per heavy atom. The molecule has 3 rings (SSSR count). The number of fused-ring (bicyclic) bond motifs is 2. The van der Waals surface area contributed by atoms with E-state index in [0.29, 0.717) is 6.42 Å². The Balaban J connectivity index is 2.37. The molecule has 27 heavy (non-hydrogen) atoms. The molecule has 2 aromatic rings. The number of benzene rings is 1. The first kappa shape index (κ1) is 19.5. The highest BCUT2D eigenvalue weighted by Gasteiger charge is 2.45. The second-order valence-electron chi connectivity index (χ2n) is 6.08. The average Bonchev–Trinajstić information content (AvgIpc) is 2.94.